The lowest BCUT2D eigenvalue weighted by atomic mass is 10.0. The molecule has 1 fully saturated rings. The second-order valence-corrected chi connectivity index (χ2v) is 5.27. The fraction of sp³-hybridized carbons (Fsp3) is 0.571. The third kappa shape index (κ3) is 3.43. The summed E-state index contributed by atoms with van der Waals surface area (Å²) in [4.78, 5) is 4.58. The summed E-state index contributed by atoms with van der Waals surface area (Å²) in [5.41, 5.74) is 0.828. The van der Waals surface area contributed by atoms with Crippen LogP contribution in [0.5, 0.6) is 5.75 Å². The zero-order chi connectivity index (χ0) is 13.1. The highest BCUT2D eigenvalue weighted by atomic mass is 19.1. The topological polar surface area (TPSA) is 26.7 Å². The molecule has 1 aromatic carbocycles. The van der Waals surface area contributed by atoms with Gasteiger partial charge in [-0.15, -0.1) is 0 Å². The molecular formula is C14H21FN2O. The Labute approximate surface area is 108 Å². The van der Waals surface area contributed by atoms with E-state index >= 15 is 0 Å². The van der Waals surface area contributed by atoms with Gasteiger partial charge in [-0.2, -0.15) is 0 Å². The zero-order valence-corrected chi connectivity index (χ0v) is 11.1. The second kappa shape index (κ2) is 5.67. The molecule has 100 valence electrons. The Morgan fingerprint density at radius 1 is 1.33 bits per heavy atom. The maximum Gasteiger partial charge on any atom is 0.127 e. The van der Waals surface area contributed by atoms with Crippen molar-refractivity contribution in [3.63, 3.8) is 0 Å². The summed E-state index contributed by atoms with van der Waals surface area (Å²) in [5, 5.41) is 9.39. The third-order valence-electron chi connectivity index (χ3n) is 3.69. The SMILES string of the molecule is CN1CCC(N(C)Cc2cc(O)cc(F)c2)CC1. The van der Waals surface area contributed by atoms with Crippen LogP contribution in [0.25, 0.3) is 0 Å². The van der Waals surface area contributed by atoms with Gasteiger partial charge in [0.1, 0.15) is 11.6 Å². The van der Waals surface area contributed by atoms with E-state index < -0.39 is 0 Å². The summed E-state index contributed by atoms with van der Waals surface area (Å²) in [5.74, 6) is -0.372. The molecule has 1 aromatic rings. The Morgan fingerprint density at radius 2 is 2.00 bits per heavy atom. The smallest absolute Gasteiger partial charge is 0.127 e. The van der Waals surface area contributed by atoms with Crippen molar-refractivity contribution in [2.75, 3.05) is 27.2 Å². The molecule has 3 nitrogen and oxygen atoms in total. The van der Waals surface area contributed by atoms with E-state index in [0.29, 0.717) is 12.6 Å². The average Bonchev–Trinajstić information content (AvgIpc) is 2.28. The van der Waals surface area contributed by atoms with E-state index in [0.717, 1.165) is 37.6 Å². The number of piperidine rings is 1. The van der Waals surface area contributed by atoms with E-state index in [9.17, 15) is 9.50 Å². The molecule has 1 aliphatic rings. The van der Waals surface area contributed by atoms with Crippen LogP contribution in [0.3, 0.4) is 0 Å². The molecule has 18 heavy (non-hydrogen) atoms. The van der Waals surface area contributed by atoms with Crippen molar-refractivity contribution in [2.45, 2.75) is 25.4 Å². The van der Waals surface area contributed by atoms with Crippen molar-refractivity contribution < 1.29 is 9.50 Å². The van der Waals surface area contributed by atoms with Crippen molar-refractivity contribution in [1.29, 1.82) is 0 Å². The van der Waals surface area contributed by atoms with Crippen LogP contribution in [-0.2, 0) is 6.54 Å². The van der Waals surface area contributed by atoms with Crippen LogP contribution in [0, 0.1) is 5.82 Å². The Bertz CT molecular complexity index is 383. The molecule has 0 aromatic heterocycles. The Balaban J connectivity index is 1.96. The molecule has 1 aliphatic heterocycles. The molecule has 2 rings (SSSR count). The number of benzene rings is 1. The number of likely N-dealkylation sites (tertiary alicyclic amines) is 1. The predicted molar refractivity (Wildman–Crippen MR) is 70.1 cm³/mol. The minimum absolute atomic E-state index is 0.00165. The summed E-state index contributed by atoms with van der Waals surface area (Å²) >= 11 is 0. The van der Waals surface area contributed by atoms with E-state index in [2.05, 4.69) is 23.9 Å². The van der Waals surface area contributed by atoms with Crippen LogP contribution in [0.4, 0.5) is 4.39 Å². The molecule has 0 aliphatic carbocycles. The lowest BCUT2D eigenvalue weighted by molar-refractivity contribution is 0.139. The van der Waals surface area contributed by atoms with E-state index in [1.165, 1.54) is 6.07 Å². The molecule has 0 saturated carbocycles. The van der Waals surface area contributed by atoms with E-state index in [1.807, 2.05) is 0 Å². The molecule has 0 amide bonds. The van der Waals surface area contributed by atoms with Crippen molar-refractivity contribution in [2.24, 2.45) is 0 Å². The van der Waals surface area contributed by atoms with Crippen LogP contribution in [-0.4, -0.2) is 48.1 Å². The summed E-state index contributed by atoms with van der Waals surface area (Å²) in [6, 6.07) is 4.81. The maximum absolute atomic E-state index is 13.2. The van der Waals surface area contributed by atoms with Crippen LogP contribution < -0.4 is 0 Å². The Morgan fingerprint density at radius 3 is 2.61 bits per heavy atom. The highest BCUT2D eigenvalue weighted by molar-refractivity contribution is 5.28. The molecule has 0 atom stereocenters. The first-order valence-corrected chi connectivity index (χ1v) is 6.42. The van der Waals surface area contributed by atoms with Crippen LogP contribution in [0.1, 0.15) is 18.4 Å². The van der Waals surface area contributed by atoms with Gasteiger partial charge in [-0.3, -0.25) is 4.90 Å². The highest BCUT2D eigenvalue weighted by Crippen LogP contribution is 2.19. The lowest BCUT2D eigenvalue weighted by Crippen LogP contribution is -2.41. The zero-order valence-electron chi connectivity index (χ0n) is 11.1. The van der Waals surface area contributed by atoms with Gasteiger partial charge in [0.15, 0.2) is 0 Å². The maximum atomic E-state index is 13.2. The highest BCUT2D eigenvalue weighted by Gasteiger charge is 2.20. The number of aromatic hydroxyl groups is 1. The van der Waals surface area contributed by atoms with Crippen LogP contribution in [0.15, 0.2) is 18.2 Å². The standard InChI is InChI=1S/C14H21FN2O/c1-16-5-3-13(4-6-16)17(2)10-11-7-12(15)9-14(18)8-11/h7-9,13,18H,3-6,10H2,1-2H3. The van der Waals surface area contributed by atoms with Crippen LogP contribution in [0.2, 0.25) is 0 Å². The number of halogens is 1. The number of phenolic OH excluding ortho intramolecular Hbond substituents is 1. The lowest BCUT2D eigenvalue weighted by Gasteiger charge is -2.35. The predicted octanol–water partition coefficient (Wildman–Crippen LogP) is 2.06. The molecule has 4 heteroatoms. The van der Waals surface area contributed by atoms with E-state index in [1.54, 1.807) is 6.07 Å². The largest absolute Gasteiger partial charge is 0.508 e. The Kier molecular flexibility index (Phi) is 4.19. The molecule has 1 heterocycles. The van der Waals surface area contributed by atoms with Crippen molar-refractivity contribution in [1.82, 2.24) is 9.80 Å². The molecule has 1 N–H and O–H groups in total. The minimum Gasteiger partial charge on any atom is -0.508 e. The normalized spacial score (nSPS) is 18.4. The molecule has 0 bridgehead atoms. The molecular weight excluding hydrogens is 231 g/mol. The number of nitrogens with zero attached hydrogens (tertiary/aromatic N) is 2. The van der Waals surface area contributed by atoms with Gasteiger partial charge in [0.2, 0.25) is 0 Å². The number of rotatable bonds is 3. The minimum atomic E-state index is -0.373. The number of hydrogen-bond donors (Lipinski definition) is 1. The fourth-order valence-electron chi connectivity index (χ4n) is 2.58. The second-order valence-electron chi connectivity index (χ2n) is 5.27. The van der Waals surface area contributed by atoms with E-state index in [4.69, 9.17) is 0 Å². The third-order valence-corrected chi connectivity index (χ3v) is 3.69. The van der Waals surface area contributed by atoms with Gasteiger partial charge in [0.25, 0.3) is 0 Å². The molecule has 1 saturated heterocycles. The van der Waals surface area contributed by atoms with Crippen LogP contribution >= 0.6 is 0 Å². The van der Waals surface area contributed by atoms with Crippen molar-refractivity contribution >= 4 is 0 Å². The van der Waals surface area contributed by atoms with Gasteiger partial charge in [0, 0.05) is 18.7 Å². The van der Waals surface area contributed by atoms with Crippen molar-refractivity contribution in [3.8, 4) is 5.75 Å². The monoisotopic (exact) mass is 252 g/mol. The summed E-state index contributed by atoms with van der Waals surface area (Å²) < 4.78 is 13.2. The van der Waals surface area contributed by atoms with Gasteiger partial charge in [-0.05, 0) is 57.7 Å². The first-order chi connectivity index (χ1) is 8.54. The average molecular weight is 252 g/mol. The summed E-state index contributed by atoms with van der Waals surface area (Å²) in [7, 11) is 4.21. The number of phenols is 1. The quantitative estimate of drug-likeness (QED) is 0.892. The van der Waals surface area contributed by atoms with Gasteiger partial charge in [-0.1, -0.05) is 0 Å². The molecule has 0 spiro atoms. The first-order valence-electron chi connectivity index (χ1n) is 6.42. The first kappa shape index (κ1) is 13.3. The fourth-order valence-corrected chi connectivity index (χ4v) is 2.58. The number of hydrogen-bond acceptors (Lipinski definition) is 3. The van der Waals surface area contributed by atoms with Gasteiger partial charge in [-0.25, -0.2) is 4.39 Å². The van der Waals surface area contributed by atoms with Gasteiger partial charge < -0.3 is 10.0 Å². The van der Waals surface area contributed by atoms with Gasteiger partial charge >= 0.3 is 0 Å². The van der Waals surface area contributed by atoms with E-state index in [-0.39, 0.29) is 11.6 Å². The summed E-state index contributed by atoms with van der Waals surface area (Å²) in [6.45, 7) is 2.91. The molecule has 0 unspecified atom stereocenters. The molecule has 0 radical (unpaired) electrons. The van der Waals surface area contributed by atoms with Gasteiger partial charge in [0.05, 0.1) is 0 Å². The summed E-state index contributed by atoms with van der Waals surface area (Å²) in [6.07, 6.45) is 2.29. The Hall–Kier alpha value is -1.13. The van der Waals surface area contributed by atoms with Crippen molar-refractivity contribution in [3.05, 3.63) is 29.6 Å².